The number of hydrogen-bond donors (Lipinski definition) is 0. The molecule has 1 heterocycles. The van der Waals surface area contributed by atoms with E-state index in [2.05, 4.69) is 21.4 Å². The van der Waals surface area contributed by atoms with Crippen molar-refractivity contribution in [2.75, 3.05) is 4.31 Å². The Labute approximate surface area is 139 Å². The molecule has 14 heavy (non-hydrogen) atoms. The molecule has 0 fully saturated rings. The minimum atomic E-state index is 0. The van der Waals surface area contributed by atoms with Gasteiger partial charge >= 0.3 is 51.4 Å². The summed E-state index contributed by atoms with van der Waals surface area (Å²) in [4.78, 5) is 4.17. The summed E-state index contributed by atoms with van der Waals surface area (Å²) in [6.45, 7) is 3.85. The first kappa shape index (κ1) is 14.9. The maximum atomic E-state index is 4.17. The summed E-state index contributed by atoms with van der Waals surface area (Å²) in [6.07, 6.45) is 0. The Bertz CT molecular complexity index is 303. The molecule has 0 unspecified atom stereocenters. The van der Waals surface area contributed by atoms with E-state index in [0.29, 0.717) is 0 Å². The molecule has 0 saturated heterocycles. The standard InChI is InChI=1S/C9H9N2S.K.H2S/c1-8-10-7-11(12-8)9-5-3-2-4-6-9;;/h2-7H,1H3;;1H2/q-1;+1;/p-1. The third kappa shape index (κ3) is 3.81. The number of anilines is 1. The maximum Gasteiger partial charge on any atom is 1.00 e. The van der Waals surface area contributed by atoms with Crippen molar-refractivity contribution in [3.05, 3.63) is 37.0 Å². The second-order valence-corrected chi connectivity index (χ2v) is 3.68. The van der Waals surface area contributed by atoms with Crippen molar-refractivity contribution in [2.24, 2.45) is 4.99 Å². The van der Waals surface area contributed by atoms with Gasteiger partial charge in [-0.3, -0.25) is 0 Å². The van der Waals surface area contributed by atoms with Gasteiger partial charge in [0.2, 0.25) is 0 Å². The maximum absolute atomic E-state index is 4.17. The van der Waals surface area contributed by atoms with Gasteiger partial charge in [-0.05, 0) is 18.8 Å². The van der Waals surface area contributed by atoms with Crippen molar-refractivity contribution in [3.63, 3.8) is 0 Å². The molecule has 0 aromatic heterocycles. The SMILES string of the molecule is CC1=N[CH-]N(c2ccccc2)S1.[K+].[SH-]. The Morgan fingerprint density at radius 3 is 2.43 bits per heavy atom. The number of aliphatic imine (C=N–C) groups is 1. The monoisotopic (exact) mass is 249 g/mol. The molecular weight excluding hydrogens is 239 g/mol. The first-order chi connectivity index (χ1) is 5.86. The number of rotatable bonds is 1. The van der Waals surface area contributed by atoms with Gasteiger partial charge < -0.3 is 22.8 Å². The fourth-order valence-electron chi connectivity index (χ4n) is 1.02. The van der Waals surface area contributed by atoms with Gasteiger partial charge in [-0.1, -0.05) is 30.2 Å². The number of benzene rings is 1. The van der Waals surface area contributed by atoms with Gasteiger partial charge in [-0.2, -0.15) is 0 Å². The van der Waals surface area contributed by atoms with Gasteiger partial charge in [0.25, 0.3) is 0 Å². The van der Waals surface area contributed by atoms with Gasteiger partial charge in [0, 0.05) is 5.69 Å². The zero-order valence-electron chi connectivity index (χ0n) is 8.21. The molecule has 0 N–H and O–H groups in total. The third-order valence-corrected chi connectivity index (χ3v) is 2.46. The Morgan fingerprint density at radius 1 is 1.29 bits per heavy atom. The zero-order chi connectivity index (χ0) is 8.39. The molecule has 0 aliphatic carbocycles. The smallest absolute Gasteiger partial charge is 0.813 e. The molecule has 1 aliphatic rings. The summed E-state index contributed by atoms with van der Waals surface area (Å²) < 4.78 is 2.05. The van der Waals surface area contributed by atoms with Crippen LogP contribution in [0.4, 0.5) is 5.69 Å². The van der Waals surface area contributed by atoms with Crippen LogP contribution in [-0.4, -0.2) is 5.04 Å². The molecule has 1 aromatic carbocycles. The molecule has 2 rings (SSSR count). The summed E-state index contributed by atoms with van der Waals surface area (Å²) >= 11 is 1.65. The van der Waals surface area contributed by atoms with Crippen molar-refractivity contribution in [2.45, 2.75) is 6.92 Å². The van der Waals surface area contributed by atoms with Crippen molar-refractivity contribution in [1.29, 1.82) is 0 Å². The molecule has 0 saturated carbocycles. The summed E-state index contributed by atoms with van der Waals surface area (Å²) in [5.74, 6) is 0. The predicted octanol–water partition coefficient (Wildman–Crippen LogP) is -0.574. The fraction of sp³-hybridized carbons (Fsp3) is 0.111. The number of hydrogen-bond acceptors (Lipinski definition) is 4. The van der Waals surface area contributed by atoms with Crippen LogP contribution in [-0.2, 0) is 13.5 Å². The van der Waals surface area contributed by atoms with Crippen molar-refractivity contribution in [1.82, 2.24) is 0 Å². The molecular formula is C9H10KN2S2-. The first-order valence-corrected chi connectivity index (χ1v) is 4.53. The van der Waals surface area contributed by atoms with Gasteiger partial charge in [-0.15, -0.1) is 11.9 Å². The normalized spacial score (nSPS) is 13.5. The minimum Gasteiger partial charge on any atom is -0.813 e. The van der Waals surface area contributed by atoms with Crippen LogP contribution < -0.4 is 55.7 Å². The largest absolute Gasteiger partial charge is 1.00 e. The van der Waals surface area contributed by atoms with Gasteiger partial charge in [-0.25, -0.2) is 0 Å². The van der Waals surface area contributed by atoms with E-state index in [1.54, 1.807) is 11.9 Å². The van der Waals surface area contributed by atoms with Gasteiger partial charge in [0.1, 0.15) is 0 Å². The first-order valence-electron chi connectivity index (χ1n) is 3.76. The Kier molecular flexibility index (Phi) is 7.68. The van der Waals surface area contributed by atoms with E-state index in [-0.39, 0.29) is 64.9 Å². The van der Waals surface area contributed by atoms with Crippen LogP contribution in [0.5, 0.6) is 0 Å². The summed E-state index contributed by atoms with van der Waals surface area (Å²) in [6, 6.07) is 10.2. The topological polar surface area (TPSA) is 15.6 Å². The van der Waals surface area contributed by atoms with E-state index in [4.69, 9.17) is 0 Å². The van der Waals surface area contributed by atoms with Crippen molar-refractivity contribution >= 4 is 36.2 Å². The summed E-state index contributed by atoms with van der Waals surface area (Å²) in [5.41, 5.74) is 1.17. The number of para-hydroxylation sites is 1. The molecule has 0 spiro atoms. The summed E-state index contributed by atoms with van der Waals surface area (Å²) in [5, 5.41) is 1.08. The van der Waals surface area contributed by atoms with Crippen LogP contribution in [0.3, 0.4) is 0 Å². The van der Waals surface area contributed by atoms with E-state index in [1.165, 1.54) is 5.69 Å². The van der Waals surface area contributed by atoms with Crippen LogP contribution in [0, 0.1) is 6.67 Å². The summed E-state index contributed by atoms with van der Waals surface area (Å²) in [7, 11) is 0. The van der Waals surface area contributed by atoms with Crippen LogP contribution in [0.15, 0.2) is 35.3 Å². The molecule has 0 atom stereocenters. The van der Waals surface area contributed by atoms with E-state index < -0.39 is 0 Å². The van der Waals surface area contributed by atoms with Crippen molar-refractivity contribution < 1.29 is 51.4 Å². The van der Waals surface area contributed by atoms with Gasteiger partial charge in [0.05, 0.1) is 0 Å². The van der Waals surface area contributed by atoms with Crippen LogP contribution in [0.1, 0.15) is 6.92 Å². The van der Waals surface area contributed by atoms with Crippen LogP contribution in [0.25, 0.3) is 0 Å². The molecule has 0 radical (unpaired) electrons. The second kappa shape index (κ2) is 7.22. The van der Waals surface area contributed by atoms with E-state index in [1.807, 2.05) is 31.8 Å². The Balaban J connectivity index is 0.000000845. The molecule has 70 valence electrons. The predicted molar refractivity (Wildman–Crippen MR) is 62.7 cm³/mol. The second-order valence-electron chi connectivity index (χ2n) is 2.52. The average molecular weight is 249 g/mol. The molecule has 0 amide bonds. The van der Waals surface area contributed by atoms with Crippen LogP contribution >= 0.6 is 11.9 Å². The van der Waals surface area contributed by atoms with Gasteiger partial charge in [0.15, 0.2) is 0 Å². The molecule has 2 nitrogen and oxygen atoms in total. The number of thiol groups is 1. The average Bonchev–Trinajstić information content (AvgIpc) is 2.54. The van der Waals surface area contributed by atoms with E-state index in [0.717, 1.165) is 5.04 Å². The molecule has 1 aliphatic heterocycles. The third-order valence-electron chi connectivity index (χ3n) is 1.59. The van der Waals surface area contributed by atoms with E-state index in [9.17, 15) is 0 Å². The fourth-order valence-corrected chi connectivity index (χ4v) is 1.72. The molecule has 5 heteroatoms. The molecule has 1 aromatic rings. The Morgan fingerprint density at radius 2 is 1.93 bits per heavy atom. The minimum absolute atomic E-state index is 0. The Hall–Kier alpha value is 0.896. The van der Waals surface area contributed by atoms with Crippen LogP contribution in [0.2, 0.25) is 0 Å². The van der Waals surface area contributed by atoms with E-state index >= 15 is 0 Å². The molecule has 0 bridgehead atoms. The number of nitrogens with zero attached hydrogens (tertiary/aromatic N) is 2. The zero-order valence-corrected chi connectivity index (χ0v) is 13.0. The van der Waals surface area contributed by atoms with Crippen molar-refractivity contribution in [3.8, 4) is 0 Å². The quantitative estimate of drug-likeness (QED) is 0.218.